The molecule has 1 N–H and O–H groups in total. The van der Waals surface area contributed by atoms with Crippen molar-refractivity contribution in [2.24, 2.45) is 4.99 Å². The van der Waals surface area contributed by atoms with E-state index in [4.69, 9.17) is 4.74 Å². The maximum absolute atomic E-state index is 14.0. The topological polar surface area (TPSA) is 91.3 Å². The lowest BCUT2D eigenvalue weighted by Crippen LogP contribution is -2.48. The van der Waals surface area contributed by atoms with Crippen molar-refractivity contribution < 1.29 is 22.3 Å². The quantitative estimate of drug-likeness (QED) is 0.381. The highest BCUT2D eigenvalue weighted by Crippen LogP contribution is 2.32. The van der Waals surface area contributed by atoms with Gasteiger partial charge in [-0.2, -0.15) is 0 Å². The highest BCUT2D eigenvalue weighted by atomic mass is 32.2. The zero-order valence-electron chi connectivity index (χ0n) is 21.9. The number of ether oxygens (including phenoxy) is 1. The third kappa shape index (κ3) is 6.35. The maximum Gasteiger partial charge on any atom is 0.264 e. The van der Waals surface area contributed by atoms with Gasteiger partial charge in [0.15, 0.2) is 0 Å². The maximum atomic E-state index is 14.0. The van der Waals surface area contributed by atoms with Gasteiger partial charge >= 0.3 is 0 Å². The molecule has 1 aliphatic heterocycles. The van der Waals surface area contributed by atoms with Gasteiger partial charge in [0.05, 0.1) is 24.0 Å². The van der Waals surface area contributed by atoms with Crippen molar-refractivity contribution in [3.8, 4) is 5.75 Å². The van der Waals surface area contributed by atoms with E-state index in [1.807, 2.05) is 13.0 Å². The van der Waals surface area contributed by atoms with Gasteiger partial charge in [-0.1, -0.05) is 42.5 Å². The average molecular weight is 551 g/mol. The summed E-state index contributed by atoms with van der Waals surface area (Å²) in [6.07, 6.45) is 3.55. The second-order valence-corrected chi connectivity index (χ2v) is 10.7. The van der Waals surface area contributed by atoms with Gasteiger partial charge in [-0.15, -0.1) is 0 Å². The summed E-state index contributed by atoms with van der Waals surface area (Å²) in [5.74, 6) is -0.207. The van der Waals surface area contributed by atoms with Crippen molar-refractivity contribution in [2.75, 3.05) is 38.0 Å². The molecule has 0 aromatic heterocycles. The van der Waals surface area contributed by atoms with Crippen LogP contribution in [0.1, 0.15) is 28.4 Å². The highest BCUT2D eigenvalue weighted by Gasteiger charge is 2.26. The van der Waals surface area contributed by atoms with Gasteiger partial charge < -0.3 is 9.64 Å². The van der Waals surface area contributed by atoms with Crippen molar-refractivity contribution in [1.82, 2.24) is 9.80 Å². The Labute approximate surface area is 228 Å². The fourth-order valence-electron chi connectivity index (χ4n) is 4.53. The number of benzene rings is 3. The number of anilines is 1. The number of allylic oxidation sites excluding steroid dienone is 1. The minimum Gasteiger partial charge on any atom is -0.496 e. The van der Waals surface area contributed by atoms with Crippen molar-refractivity contribution in [3.05, 3.63) is 89.2 Å². The number of halogens is 1. The number of hydrogen-bond acceptors (Lipinski definition) is 6. The third-order valence-corrected chi connectivity index (χ3v) is 7.93. The lowest BCUT2D eigenvalue weighted by atomic mass is 10.1. The number of amides is 1. The van der Waals surface area contributed by atoms with E-state index in [1.165, 1.54) is 31.4 Å². The molecule has 39 heavy (non-hydrogen) atoms. The number of piperazine rings is 1. The van der Waals surface area contributed by atoms with Crippen molar-refractivity contribution in [2.45, 2.75) is 18.4 Å². The molecule has 1 heterocycles. The molecule has 3 aromatic rings. The SMILES string of the molecule is C=Nc1c(/C=C\C)cccc1S(=O)(=O)Nc1ccc(C(=O)N2CCN(Cc3ccccc3F)CC2)c(OC)c1. The van der Waals surface area contributed by atoms with Crippen LogP contribution in [-0.2, 0) is 16.6 Å². The van der Waals surface area contributed by atoms with Crippen LogP contribution in [0.5, 0.6) is 5.75 Å². The number of aliphatic imine (C=N–C) groups is 1. The second-order valence-electron chi connectivity index (χ2n) is 9.03. The zero-order valence-corrected chi connectivity index (χ0v) is 22.7. The standard InChI is InChI=1S/C29H31FN4O4S/c1-4-8-21-10-7-12-27(28(21)31-2)39(36,37)32-23-13-14-24(26(19-23)38-3)29(35)34-17-15-33(16-18-34)20-22-9-5-6-11-25(22)30/h4-14,19,32H,2,15-18,20H2,1,3H3/b8-4-. The fourth-order valence-corrected chi connectivity index (χ4v) is 5.77. The zero-order chi connectivity index (χ0) is 28.0. The number of sulfonamides is 1. The van der Waals surface area contributed by atoms with E-state index in [0.717, 1.165) is 0 Å². The summed E-state index contributed by atoms with van der Waals surface area (Å²) in [6.45, 7) is 8.00. The van der Waals surface area contributed by atoms with E-state index in [-0.39, 0.29) is 33.7 Å². The Morgan fingerprint density at radius 1 is 1.10 bits per heavy atom. The molecule has 1 saturated heterocycles. The molecule has 0 atom stereocenters. The third-order valence-electron chi connectivity index (χ3n) is 6.52. The van der Waals surface area contributed by atoms with E-state index in [9.17, 15) is 17.6 Å². The van der Waals surface area contributed by atoms with Crippen molar-refractivity contribution in [1.29, 1.82) is 0 Å². The van der Waals surface area contributed by atoms with E-state index >= 15 is 0 Å². The Hall–Kier alpha value is -4.02. The molecule has 1 aliphatic rings. The van der Waals surface area contributed by atoms with Gasteiger partial charge in [0.1, 0.15) is 16.5 Å². The summed E-state index contributed by atoms with van der Waals surface area (Å²) in [7, 11) is -2.58. The van der Waals surface area contributed by atoms with Crippen LogP contribution in [-0.4, -0.2) is 64.1 Å². The van der Waals surface area contributed by atoms with E-state index in [2.05, 4.69) is 21.3 Å². The van der Waals surface area contributed by atoms with Crippen LogP contribution in [0.25, 0.3) is 6.08 Å². The monoisotopic (exact) mass is 550 g/mol. The molecule has 1 fully saturated rings. The molecule has 0 bridgehead atoms. The summed E-state index contributed by atoms with van der Waals surface area (Å²) < 4.78 is 48.5. The molecule has 10 heteroatoms. The van der Waals surface area contributed by atoms with Gasteiger partial charge in [-0.3, -0.25) is 19.4 Å². The highest BCUT2D eigenvalue weighted by molar-refractivity contribution is 7.92. The van der Waals surface area contributed by atoms with E-state index in [0.29, 0.717) is 49.4 Å². The van der Waals surface area contributed by atoms with Crippen LogP contribution in [0.15, 0.2) is 76.6 Å². The first-order chi connectivity index (χ1) is 18.8. The molecule has 4 rings (SSSR count). The molecule has 0 unspecified atom stereocenters. The smallest absolute Gasteiger partial charge is 0.264 e. The first kappa shape index (κ1) is 28.0. The summed E-state index contributed by atoms with van der Waals surface area (Å²) >= 11 is 0. The molecule has 3 aromatic carbocycles. The van der Waals surface area contributed by atoms with Crippen LogP contribution >= 0.6 is 0 Å². The fraction of sp³-hybridized carbons (Fsp3) is 0.241. The molecule has 8 nitrogen and oxygen atoms in total. The minimum absolute atomic E-state index is 0.0134. The predicted molar refractivity (Wildman–Crippen MR) is 152 cm³/mol. The lowest BCUT2D eigenvalue weighted by molar-refractivity contribution is 0.0624. The van der Waals surface area contributed by atoms with Gasteiger partial charge in [0.25, 0.3) is 15.9 Å². The Morgan fingerprint density at radius 2 is 1.85 bits per heavy atom. The second kappa shape index (κ2) is 12.2. The Kier molecular flexibility index (Phi) is 8.78. The van der Waals surface area contributed by atoms with Gasteiger partial charge in [-0.05, 0) is 37.9 Å². The van der Waals surface area contributed by atoms with Gasteiger partial charge in [0, 0.05) is 49.9 Å². The number of methoxy groups -OCH3 is 1. The lowest BCUT2D eigenvalue weighted by Gasteiger charge is -2.35. The number of nitrogens with zero attached hydrogens (tertiary/aromatic N) is 3. The molecular weight excluding hydrogens is 519 g/mol. The number of rotatable bonds is 9. The van der Waals surface area contributed by atoms with E-state index in [1.54, 1.807) is 47.4 Å². The molecule has 0 aliphatic carbocycles. The molecule has 0 radical (unpaired) electrons. The molecule has 204 valence electrons. The molecular formula is C29H31FN4O4S. The largest absolute Gasteiger partial charge is 0.496 e. The number of carbonyl (C=O) groups is 1. The molecule has 0 saturated carbocycles. The normalized spacial score (nSPS) is 14.4. The first-order valence-corrected chi connectivity index (χ1v) is 13.9. The summed E-state index contributed by atoms with van der Waals surface area (Å²) in [5, 5.41) is 0. The molecule has 1 amide bonds. The van der Waals surface area contributed by atoms with Crippen LogP contribution in [0.4, 0.5) is 15.8 Å². The number of carbonyl (C=O) groups excluding carboxylic acids is 1. The van der Waals surface area contributed by atoms with Crippen molar-refractivity contribution >= 4 is 40.1 Å². The molecule has 0 spiro atoms. The summed E-state index contributed by atoms with van der Waals surface area (Å²) in [4.78, 5) is 21.0. The van der Waals surface area contributed by atoms with Crippen LogP contribution in [0.3, 0.4) is 0 Å². The van der Waals surface area contributed by atoms with Crippen LogP contribution < -0.4 is 9.46 Å². The summed E-state index contributed by atoms with van der Waals surface area (Å²) in [6, 6.07) is 16.1. The Bertz CT molecular complexity index is 1500. The first-order valence-electron chi connectivity index (χ1n) is 12.5. The van der Waals surface area contributed by atoms with Gasteiger partial charge in [0.2, 0.25) is 0 Å². The minimum atomic E-state index is -4.01. The number of hydrogen-bond donors (Lipinski definition) is 1. The van der Waals surface area contributed by atoms with E-state index < -0.39 is 10.0 Å². The average Bonchev–Trinajstić information content (AvgIpc) is 2.94. The number of nitrogens with one attached hydrogen (secondary N) is 1. The van der Waals surface area contributed by atoms with Crippen molar-refractivity contribution in [3.63, 3.8) is 0 Å². The van der Waals surface area contributed by atoms with Crippen LogP contribution in [0, 0.1) is 5.82 Å². The van der Waals surface area contributed by atoms with Crippen LogP contribution in [0.2, 0.25) is 0 Å². The summed E-state index contributed by atoms with van der Waals surface area (Å²) in [5.41, 5.74) is 2.07. The predicted octanol–water partition coefficient (Wildman–Crippen LogP) is 4.96. The Balaban J connectivity index is 1.47. The Morgan fingerprint density at radius 3 is 2.51 bits per heavy atom. The van der Waals surface area contributed by atoms with Gasteiger partial charge in [-0.25, -0.2) is 12.8 Å². The number of para-hydroxylation sites is 1.